The molecule has 27 heavy (non-hydrogen) atoms. The van der Waals surface area contributed by atoms with Gasteiger partial charge in [-0.25, -0.2) is 0 Å². The number of nitrogens with zero attached hydrogens (tertiary/aromatic N) is 2. The van der Waals surface area contributed by atoms with E-state index < -0.39 is 0 Å². The third kappa shape index (κ3) is 3.43. The van der Waals surface area contributed by atoms with E-state index >= 15 is 0 Å². The van der Waals surface area contributed by atoms with Crippen LogP contribution in [-0.2, 0) is 9.53 Å². The summed E-state index contributed by atoms with van der Waals surface area (Å²) in [5.74, 6) is 0.859. The predicted octanol–water partition coefficient (Wildman–Crippen LogP) is 2.19. The first kappa shape index (κ1) is 18.3. The van der Waals surface area contributed by atoms with Gasteiger partial charge in [0.15, 0.2) is 0 Å². The van der Waals surface area contributed by atoms with Crippen molar-refractivity contribution in [1.29, 1.82) is 0 Å². The Morgan fingerprint density at radius 1 is 1.07 bits per heavy atom. The summed E-state index contributed by atoms with van der Waals surface area (Å²) in [6.07, 6.45) is 3.87. The highest BCUT2D eigenvalue weighted by Crippen LogP contribution is 2.45. The van der Waals surface area contributed by atoms with Gasteiger partial charge in [0.1, 0.15) is 5.75 Å². The van der Waals surface area contributed by atoms with E-state index in [0.717, 1.165) is 44.5 Å². The molecule has 1 atom stereocenters. The maximum absolute atomic E-state index is 13.2. The van der Waals surface area contributed by atoms with Crippen LogP contribution in [0.4, 0.5) is 0 Å². The number of likely N-dealkylation sites (tertiary alicyclic amines) is 2. The van der Waals surface area contributed by atoms with E-state index in [0.29, 0.717) is 31.9 Å². The molecule has 3 fully saturated rings. The van der Waals surface area contributed by atoms with Crippen molar-refractivity contribution in [2.45, 2.75) is 25.7 Å². The smallest absolute Gasteiger partial charge is 0.253 e. The highest BCUT2D eigenvalue weighted by atomic mass is 16.5. The molecule has 6 heteroatoms. The summed E-state index contributed by atoms with van der Waals surface area (Å²) in [7, 11) is 1.61. The van der Waals surface area contributed by atoms with Crippen LogP contribution in [0.2, 0.25) is 0 Å². The molecular formula is C21H28N2O4. The molecular weight excluding hydrogens is 344 g/mol. The minimum atomic E-state index is -0.139. The van der Waals surface area contributed by atoms with Crippen LogP contribution in [0.15, 0.2) is 24.3 Å². The molecule has 146 valence electrons. The molecule has 1 aromatic carbocycles. The highest BCUT2D eigenvalue weighted by molar-refractivity contribution is 5.95. The Labute approximate surface area is 160 Å². The molecule has 0 aromatic heterocycles. The number of hydrogen-bond donors (Lipinski definition) is 0. The quantitative estimate of drug-likeness (QED) is 0.816. The first-order valence-electron chi connectivity index (χ1n) is 9.93. The lowest BCUT2D eigenvalue weighted by molar-refractivity contribution is -0.139. The Bertz CT molecular complexity index is 691. The van der Waals surface area contributed by atoms with Gasteiger partial charge in [0.2, 0.25) is 5.91 Å². The van der Waals surface area contributed by atoms with Gasteiger partial charge >= 0.3 is 0 Å². The zero-order valence-corrected chi connectivity index (χ0v) is 16.0. The molecule has 2 amide bonds. The van der Waals surface area contributed by atoms with Crippen LogP contribution in [0.3, 0.4) is 0 Å². The fraction of sp³-hybridized carbons (Fsp3) is 0.619. The molecule has 4 rings (SSSR count). The van der Waals surface area contributed by atoms with E-state index in [1.165, 1.54) is 0 Å². The molecule has 3 aliphatic heterocycles. The van der Waals surface area contributed by atoms with Gasteiger partial charge in [0.05, 0.1) is 13.0 Å². The zero-order chi connectivity index (χ0) is 18.9. The summed E-state index contributed by atoms with van der Waals surface area (Å²) in [5.41, 5.74) is 0.507. The lowest BCUT2D eigenvalue weighted by Gasteiger charge is -2.38. The number of amides is 2. The van der Waals surface area contributed by atoms with Crippen molar-refractivity contribution < 1.29 is 19.1 Å². The number of carbonyl (C=O) groups is 2. The Morgan fingerprint density at radius 2 is 1.74 bits per heavy atom. The Kier molecular flexibility index (Phi) is 5.08. The minimum Gasteiger partial charge on any atom is -0.497 e. The van der Waals surface area contributed by atoms with E-state index in [1.54, 1.807) is 31.4 Å². The third-order valence-corrected chi connectivity index (χ3v) is 6.48. The first-order chi connectivity index (χ1) is 13.1. The molecule has 3 heterocycles. The second-order valence-corrected chi connectivity index (χ2v) is 7.97. The molecule has 0 radical (unpaired) electrons. The molecule has 0 saturated carbocycles. The van der Waals surface area contributed by atoms with Gasteiger partial charge in [0.25, 0.3) is 5.91 Å². The highest BCUT2D eigenvalue weighted by Gasteiger charge is 2.52. The molecule has 1 spiro atoms. The summed E-state index contributed by atoms with van der Waals surface area (Å²) in [6.45, 7) is 4.22. The lowest BCUT2D eigenvalue weighted by Crippen LogP contribution is -2.45. The normalized spacial score (nSPS) is 24.4. The fourth-order valence-corrected chi connectivity index (χ4v) is 4.82. The van der Waals surface area contributed by atoms with Crippen LogP contribution < -0.4 is 4.74 Å². The molecule has 0 N–H and O–H groups in total. The number of hydrogen-bond acceptors (Lipinski definition) is 4. The Hall–Kier alpha value is -2.08. The lowest BCUT2D eigenvalue weighted by atomic mass is 9.71. The van der Waals surface area contributed by atoms with E-state index in [9.17, 15) is 9.59 Å². The molecule has 3 aliphatic rings. The number of methoxy groups -OCH3 is 1. The van der Waals surface area contributed by atoms with Crippen LogP contribution in [-0.4, -0.2) is 68.1 Å². The second-order valence-electron chi connectivity index (χ2n) is 7.97. The van der Waals surface area contributed by atoms with Crippen molar-refractivity contribution in [1.82, 2.24) is 9.80 Å². The number of benzene rings is 1. The predicted molar refractivity (Wildman–Crippen MR) is 101 cm³/mol. The van der Waals surface area contributed by atoms with Crippen molar-refractivity contribution in [3.8, 4) is 5.75 Å². The zero-order valence-electron chi connectivity index (χ0n) is 16.0. The van der Waals surface area contributed by atoms with Crippen LogP contribution in [0, 0.1) is 11.3 Å². The van der Waals surface area contributed by atoms with Crippen molar-refractivity contribution >= 4 is 11.8 Å². The fourth-order valence-electron chi connectivity index (χ4n) is 4.82. The molecule has 0 unspecified atom stereocenters. The van der Waals surface area contributed by atoms with Crippen LogP contribution >= 0.6 is 0 Å². The average molecular weight is 372 g/mol. The molecule has 3 saturated heterocycles. The monoisotopic (exact) mass is 372 g/mol. The maximum atomic E-state index is 13.2. The molecule has 6 nitrogen and oxygen atoms in total. The Morgan fingerprint density at radius 3 is 2.37 bits per heavy atom. The Balaban J connectivity index is 1.55. The van der Waals surface area contributed by atoms with Crippen LogP contribution in [0.1, 0.15) is 36.0 Å². The van der Waals surface area contributed by atoms with Crippen LogP contribution in [0.5, 0.6) is 5.75 Å². The average Bonchev–Trinajstić information content (AvgIpc) is 3.36. The maximum Gasteiger partial charge on any atom is 0.253 e. The standard InChI is InChI=1S/C21H28N2O4/c1-26-17-6-4-16(5-7-17)19(24)23-14-18(20(25)22-10-2-3-11-22)21(15-23)8-12-27-13-9-21/h4-7,18H,2-3,8-15H2,1H3/t18-/m0/s1. The van der Waals surface area contributed by atoms with E-state index in [2.05, 4.69) is 0 Å². The number of rotatable bonds is 3. The van der Waals surface area contributed by atoms with Gasteiger partial charge in [-0.2, -0.15) is 0 Å². The number of ether oxygens (including phenoxy) is 2. The molecule has 1 aromatic rings. The summed E-state index contributed by atoms with van der Waals surface area (Å²) in [6, 6.07) is 7.21. The van der Waals surface area contributed by atoms with Gasteiger partial charge in [-0.05, 0) is 49.9 Å². The van der Waals surface area contributed by atoms with Crippen LogP contribution in [0.25, 0.3) is 0 Å². The van der Waals surface area contributed by atoms with Gasteiger partial charge in [-0.3, -0.25) is 9.59 Å². The van der Waals surface area contributed by atoms with Crippen molar-refractivity contribution in [2.24, 2.45) is 11.3 Å². The van der Waals surface area contributed by atoms with Crippen molar-refractivity contribution in [3.63, 3.8) is 0 Å². The van der Waals surface area contributed by atoms with Crippen molar-refractivity contribution in [2.75, 3.05) is 46.5 Å². The SMILES string of the molecule is COc1ccc(C(=O)N2C[C@@H](C(=O)N3CCCC3)C3(CCOCC3)C2)cc1. The summed E-state index contributed by atoms with van der Waals surface area (Å²) in [4.78, 5) is 30.2. The topological polar surface area (TPSA) is 59.1 Å². The summed E-state index contributed by atoms with van der Waals surface area (Å²) >= 11 is 0. The minimum absolute atomic E-state index is 0.000224. The van der Waals surface area contributed by atoms with Gasteiger partial charge in [-0.15, -0.1) is 0 Å². The van der Waals surface area contributed by atoms with E-state index in [4.69, 9.17) is 9.47 Å². The first-order valence-corrected chi connectivity index (χ1v) is 9.93. The molecule has 0 bridgehead atoms. The summed E-state index contributed by atoms with van der Waals surface area (Å²) < 4.78 is 10.8. The largest absolute Gasteiger partial charge is 0.497 e. The van der Waals surface area contributed by atoms with E-state index in [-0.39, 0.29) is 23.1 Å². The molecule has 0 aliphatic carbocycles. The number of carbonyl (C=O) groups excluding carboxylic acids is 2. The van der Waals surface area contributed by atoms with Gasteiger partial charge < -0.3 is 19.3 Å². The summed E-state index contributed by atoms with van der Waals surface area (Å²) in [5, 5.41) is 0. The van der Waals surface area contributed by atoms with Gasteiger partial charge in [0, 0.05) is 50.4 Å². The van der Waals surface area contributed by atoms with Crippen molar-refractivity contribution in [3.05, 3.63) is 29.8 Å². The second kappa shape index (κ2) is 7.50. The van der Waals surface area contributed by atoms with E-state index in [1.807, 2.05) is 9.80 Å². The van der Waals surface area contributed by atoms with Gasteiger partial charge in [-0.1, -0.05) is 0 Å². The third-order valence-electron chi connectivity index (χ3n) is 6.48.